The Bertz CT molecular complexity index is 401. The van der Waals surface area contributed by atoms with Gasteiger partial charge in [0.25, 0.3) is 0 Å². The van der Waals surface area contributed by atoms with Crippen LogP contribution in [0.2, 0.25) is 0 Å². The number of nitrogens with one attached hydrogen (secondary N) is 1. The van der Waals surface area contributed by atoms with Crippen LogP contribution in [0.3, 0.4) is 0 Å². The van der Waals surface area contributed by atoms with E-state index in [-0.39, 0.29) is 0 Å². The monoisotopic (exact) mass is 275 g/mol. The maximum absolute atomic E-state index is 4.58. The molecule has 1 fully saturated rings. The second-order valence-electron chi connectivity index (χ2n) is 6.26. The number of aromatic nitrogens is 1. The van der Waals surface area contributed by atoms with Gasteiger partial charge in [-0.1, -0.05) is 33.3 Å². The Hall–Kier alpha value is -1.09. The fourth-order valence-corrected chi connectivity index (χ4v) is 3.03. The van der Waals surface area contributed by atoms with Crippen LogP contribution in [-0.2, 0) is 0 Å². The van der Waals surface area contributed by atoms with E-state index in [1.807, 2.05) is 6.20 Å². The summed E-state index contributed by atoms with van der Waals surface area (Å²) in [7, 11) is 0. The number of nitrogens with zero attached hydrogens (tertiary/aromatic N) is 2. The van der Waals surface area contributed by atoms with Crippen molar-refractivity contribution in [3.05, 3.63) is 23.9 Å². The SMILES string of the molecule is CCCN1CCCC[C@@H]1c1cccnc1NCC(C)C. The zero-order valence-electron chi connectivity index (χ0n) is 13.2. The average Bonchev–Trinajstić information content (AvgIpc) is 2.46. The summed E-state index contributed by atoms with van der Waals surface area (Å²) in [5, 5.41) is 3.53. The highest BCUT2D eigenvalue weighted by Gasteiger charge is 2.25. The number of hydrogen-bond donors (Lipinski definition) is 1. The van der Waals surface area contributed by atoms with E-state index >= 15 is 0 Å². The molecular formula is C17H29N3. The van der Waals surface area contributed by atoms with E-state index in [0.29, 0.717) is 12.0 Å². The number of anilines is 1. The summed E-state index contributed by atoms with van der Waals surface area (Å²) in [6, 6.07) is 4.88. The molecule has 0 aromatic carbocycles. The molecular weight excluding hydrogens is 246 g/mol. The highest BCUT2D eigenvalue weighted by molar-refractivity contribution is 5.45. The lowest BCUT2D eigenvalue weighted by Gasteiger charge is -2.36. The summed E-state index contributed by atoms with van der Waals surface area (Å²) in [5.74, 6) is 1.73. The minimum absolute atomic E-state index is 0.548. The van der Waals surface area contributed by atoms with Crippen molar-refractivity contribution in [2.75, 3.05) is 25.0 Å². The van der Waals surface area contributed by atoms with Gasteiger partial charge in [-0.25, -0.2) is 4.98 Å². The molecule has 1 aromatic rings. The lowest BCUT2D eigenvalue weighted by Crippen LogP contribution is -2.34. The molecule has 0 spiro atoms. The highest BCUT2D eigenvalue weighted by Crippen LogP contribution is 2.34. The predicted octanol–water partition coefficient (Wildman–Crippen LogP) is 4.09. The molecule has 0 aliphatic carbocycles. The van der Waals surface area contributed by atoms with Crippen LogP contribution in [0.15, 0.2) is 18.3 Å². The van der Waals surface area contributed by atoms with Gasteiger partial charge in [-0.2, -0.15) is 0 Å². The first-order valence-corrected chi connectivity index (χ1v) is 8.15. The zero-order chi connectivity index (χ0) is 14.4. The Kier molecular flexibility index (Phi) is 5.84. The lowest BCUT2D eigenvalue weighted by molar-refractivity contribution is 0.149. The molecule has 3 nitrogen and oxygen atoms in total. The molecule has 1 saturated heterocycles. The van der Waals surface area contributed by atoms with E-state index in [1.165, 1.54) is 44.3 Å². The van der Waals surface area contributed by atoms with Crippen molar-refractivity contribution < 1.29 is 0 Å². The van der Waals surface area contributed by atoms with Gasteiger partial charge in [0.05, 0.1) is 0 Å². The maximum atomic E-state index is 4.58. The van der Waals surface area contributed by atoms with E-state index in [9.17, 15) is 0 Å². The number of piperidine rings is 1. The number of hydrogen-bond acceptors (Lipinski definition) is 3. The Morgan fingerprint density at radius 2 is 2.25 bits per heavy atom. The molecule has 2 heterocycles. The van der Waals surface area contributed by atoms with Gasteiger partial charge in [-0.15, -0.1) is 0 Å². The van der Waals surface area contributed by atoms with E-state index < -0.39 is 0 Å². The van der Waals surface area contributed by atoms with E-state index in [0.717, 1.165) is 12.4 Å². The second-order valence-corrected chi connectivity index (χ2v) is 6.26. The molecule has 0 amide bonds. The Morgan fingerprint density at radius 1 is 1.40 bits per heavy atom. The summed E-state index contributed by atoms with van der Waals surface area (Å²) in [6.07, 6.45) is 7.07. The van der Waals surface area contributed by atoms with E-state index in [4.69, 9.17) is 0 Å². The summed E-state index contributed by atoms with van der Waals surface area (Å²) in [6.45, 7) is 10.2. The Morgan fingerprint density at radius 3 is 3.00 bits per heavy atom. The molecule has 0 bridgehead atoms. The first-order chi connectivity index (χ1) is 9.72. The smallest absolute Gasteiger partial charge is 0.130 e. The van der Waals surface area contributed by atoms with Gasteiger partial charge < -0.3 is 5.32 Å². The van der Waals surface area contributed by atoms with Crippen molar-refractivity contribution in [2.45, 2.75) is 52.5 Å². The van der Waals surface area contributed by atoms with Crippen LogP contribution in [0.5, 0.6) is 0 Å². The van der Waals surface area contributed by atoms with Gasteiger partial charge in [-0.3, -0.25) is 4.90 Å². The van der Waals surface area contributed by atoms with E-state index in [1.54, 1.807) is 0 Å². The molecule has 3 heteroatoms. The molecule has 2 rings (SSSR count). The largest absolute Gasteiger partial charge is 0.370 e. The second kappa shape index (κ2) is 7.63. The lowest BCUT2D eigenvalue weighted by atomic mass is 9.95. The summed E-state index contributed by atoms with van der Waals surface area (Å²) < 4.78 is 0. The topological polar surface area (TPSA) is 28.2 Å². The number of likely N-dealkylation sites (tertiary alicyclic amines) is 1. The van der Waals surface area contributed by atoms with Gasteiger partial charge in [-0.05, 0) is 44.3 Å². The quantitative estimate of drug-likeness (QED) is 0.847. The fraction of sp³-hybridized carbons (Fsp3) is 0.706. The van der Waals surface area contributed by atoms with Crippen molar-refractivity contribution in [3.8, 4) is 0 Å². The van der Waals surface area contributed by atoms with Gasteiger partial charge >= 0.3 is 0 Å². The summed E-state index contributed by atoms with van der Waals surface area (Å²) >= 11 is 0. The minimum Gasteiger partial charge on any atom is -0.370 e. The van der Waals surface area contributed by atoms with Crippen molar-refractivity contribution in [1.29, 1.82) is 0 Å². The first kappa shape index (κ1) is 15.3. The predicted molar refractivity (Wildman–Crippen MR) is 86.0 cm³/mol. The molecule has 1 aliphatic rings. The zero-order valence-corrected chi connectivity index (χ0v) is 13.2. The molecule has 20 heavy (non-hydrogen) atoms. The van der Waals surface area contributed by atoms with Crippen LogP contribution in [0.1, 0.15) is 58.1 Å². The molecule has 1 aromatic heterocycles. The van der Waals surface area contributed by atoms with Gasteiger partial charge in [0, 0.05) is 24.3 Å². The maximum Gasteiger partial charge on any atom is 0.130 e. The van der Waals surface area contributed by atoms with Crippen LogP contribution in [0, 0.1) is 5.92 Å². The van der Waals surface area contributed by atoms with Crippen LogP contribution < -0.4 is 5.32 Å². The minimum atomic E-state index is 0.548. The standard InChI is InChI=1S/C17H29N3/c1-4-11-20-12-6-5-9-16(20)15-8-7-10-18-17(15)19-13-14(2)3/h7-8,10,14,16H,4-6,9,11-13H2,1-3H3,(H,18,19)/t16-/m1/s1. The van der Waals surface area contributed by atoms with Gasteiger partial charge in [0.1, 0.15) is 5.82 Å². The first-order valence-electron chi connectivity index (χ1n) is 8.15. The molecule has 0 unspecified atom stereocenters. The van der Waals surface area contributed by atoms with Crippen molar-refractivity contribution >= 4 is 5.82 Å². The summed E-state index contributed by atoms with van der Waals surface area (Å²) in [4.78, 5) is 7.22. The van der Waals surface area contributed by atoms with Crippen LogP contribution in [-0.4, -0.2) is 29.5 Å². The van der Waals surface area contributed by atoms with Crippen LogP contribution >= 0.6 is 0 Å². The third-order valence-corrected chi connectivity index (χ3v) is 4.00. The fourth-order valence-electron chi connectivity index (χ4n) is 3.03. The molecule has 1 N–H and O–H groups in total. The number of rotatable bonds is 6. The van der Waals surface area contributed by atoms with Gasteiger partial charge in [0.15, 0.2) is 0 Å². The highest BCUT2D eigenvalue weighted by atomic mass is 15.2. The molecule has 1 atom stereocenters. The normalized spacial score (nSPS) is 20.3. The average molecular weight is 275 g/mol. The Balaban J connectivity index is 2.16. The third-order valence-electron chi connectivity index (χ3n) is 4.00. The van der Waals surface area contributed by atoms with Crippen molar-refractivity contribution in [3.63, 3.8) is 0 Å². The third kappa shape index (κ3) is 3.95. The van der Waals surface area contributed by atoms with Crippen molar-refractivity contribution in [1.82, 2.24) is 9.88 Å². The summed E-state index contributed by atoms with van der Waals surface area (Å²) in [5.41, 5.74) is 1.39. The van der Waals surface area contributed by atoms with Crippen LogP contribution in [0.4, 0.5) is 5.82 Å². The van der Waals surface area contributed by atoms with Gasteiger partial charge in [0.2, 0.25) is 0 Å². The van der Waals surface area contributed by atoms with E-state index in [2.05, 4.69) is 48.1 Å². The molecule has 112 valence electrons. The molecule has 0 saturated carbocycles. The van der Waals surface area contributed by atoms with Crippen molar-refractivity contribution in [2.24, 2.45) is 5.92 Å². The molecule has 0 radical (unpaired) electrons. The van der Waals surface area contributed by atoms with Crippen LogP contribution in [0.25, 0.3) is 0 Å². The Labute approximate surface area is 123 Å². The molecule has 1 aliphatic heterocycles. The number of pyridine rings is 1.